The van der Waals surface area contributed by atoms with Crippen molar-refractivity contribution in [1.82, 2.24) is 9.88 Å². The molecule has 1 aromatic carbocycles. The van der Waals surface area contributed by atoms with E-state index < -0.39 is 0 Å². The Morgan fingerprint density at radius 3 is 2.52 bits per heavy atom. The molecule has 27 heavy (non-hydrogen) atoms. The van der Waals surface area contributed by atoms with Gasteiger partial charge in [-0.25, -0.2) is 0 Å². The third-order valence-electron chi connectivity index (χ3n) is 4.53. The molecule has 0 atom stereocenters. The van der Waals surface area contributed by atoms with Gasteiger partial charge in [0.2, 0.25) is 5.91 Å². The summed E-state index contributed by atoms with van der Waals surface area (Å²) in [7, 11) is 1.61. The van der Waals surface area contributed by atoms with Crippen LogP contribution in [-0.4, -0.2) is 55.7 Å². The SMILES string of the molecule is CCOc1cc(/C=C/C(=O)N2CCN(c3ccncc3)CC2)ccc1OC. The number of anilines is 1. The minimum Gasteiger partial charge on any atom is -0.493 e. The number of hydrogen-bond acceptors (Lipinski definition) is 5. The minimum absolute atomic E-state index is 0.0261. The molecular formula is C21H25N3O3. The first-order chi connectivity index (χ1) is 13.2. The maximum Gasteiger partial charge on any atom is 0.246 e. The number of nitrogens with zero attached hydrogens (tertiary/aromatic N) is 3. The molecule has 1 aliphatic rings. The molecule has 6 nitrogen and oxygen atoms in total. The van der Waals surface area contributed by atoms with Gasteiger partial charge in [0.1, 0.15) is 0 Å². The minimum atomic E-state index is 0.0261. The standard InChI is InChI=1S/C21H25N3O3/c1-3-27-20-16-17(4-6-19(20)26-2)5-7-21(25)24-14-12-23(13-15-24)18-8-10-22-11-9-18/h4-11,16H,3,12-15H2,1-2H3/b7-5+. The molecule has 142 valence electrons. The lowest BCUT2D eigenvalue weighted by Gasteiger charge is -2.35. The van der Waals surface area contributed by atoms with Crippen molar-refractivity contribution in [2.24, 2.45) is 0 Å². The smallest absolute Gasteiger partial charge is 0.246 e. The molecule has 1 amide bonds. The van der Waals surface area contributed by atoms with Crippen LogP contribution in [0, 0.1) is 0 Å². The molecule has 3 rings (SSSR count). The number of rotatable bonds is 6. The zero-order chi connectivity index (χ0) is 19.1. The van der Waals surface area contributed by atoms with E-state index in [4.69, 9.17) is 9.47 Å². The molecule has 1 aromatic heterocycles. The van der Waals surface area contributed by atoms with Gasteiger partial charge in [-0.05, 0) is 42.8 Å². The molecule has 0 bridgehead atoms. The van der Waals surface area contributed by atoms with Crippen molar-refractivity contribution in [3.63, 3.8) is 0 Å². The number of hydrogen-bond donors (Lipinski definition) is 0. The molecule has 1 saturated heterocycles. The number of benzene rings is 1. The van der Waals surface area contributed by atoms with Crippen LogP contribution in [0.2, 0.25) is 0 Å². The molecule has 6 heteroatoms. The molecule has 0 aliphatic carbocycles. The van der Waals surface area contributed by atoms with Crippen molar-refractivity contribution in [2.75, 3.05) is 44.8 Å². The van der Waals surface area contributed by atoms with E-state index >= 15 is 0 Å². The van der Waals surface area contributed by atoms with E-state index in [1.165, 1.54) is 0 Å². The normalized spacial score (nSPS) is 14.4. The number of ether oxygens (including phenoxy) is 2. The van der Waals surface area contributed by atoms with Gasteiger partial charge in [0.05, 0.1) is 13.7 Å². The lowest BCUT2D eigenvalue weighted by atomic mass is 10.1. The van der Waals surface area contributed by atoms with Crippen molar-refractivity contribution in [2.45, 2.75) is 6.92 Å². The summed E-state index contributed by atoms with van der Waals surface area (Å²) in [6.07, 6.45) is 7.03. The van der Waals surface area contributed by atoms with Crippen molar-refractivity contribution < 1.29 is 14.3 Å². The Balaban J connectivity index is 1.58. The van der Waals surface area contributed by atoms with E-state index in [9.17, 15) is 4.79 Å². The molecular weight excluding hydrogens is 342 g/mol. The van der Waals surface area contributed by atoms with Gasteiger partial charge >= 0.3 is 0 Å². The van der Waals surface area contributed by atoms with E-state index in [1.807, 2.05) is 48.2 Å². The second-order valence-corrected chi connectivity index (χ2v) is 6.19. The predicted molar refractivity (Wildman–Crippen MR) is 106 cm³/mol. The highest BCUT2D eigenvalue weighted by atomic mass is 16.5. The third-order valence-corrected chi connectivity index (χ3v) is 4.53. The number of methoxy groups -OCH3 is 1. The largest absolute Gasteiger partial charge is 0.493 e. The highest BCUT2D eigenvalue weighted by Crippen LogP contribution is 2.28. The lowest BCUT2D eigenvalue weighted by molar-refractivity contribution is -0.126. The van der Waals surface area contributed by atoms with Gasteiger partial charge in [0, 0.05) is 50.3 Å². The summed E-state index contributed by atoms with van der Waals surface area (Å²) in [5.74, 6) is 1.39. The highest BCUT2D eigenvalue weighted by molar-refractivity contribution is 5.92. The predicted octanol–water partition coefficient (Wildman–Crippen LogP) is 2.85. The van der Waals surface area contributed by atoms with Crippen LogP contribution in [0.25, 0.3) is 6.08 Å². The van der Waals surface area contributed by atoms with Crippen LogP contribution in [0.3, 0.4) is 0 Å². The van der Waals surface area contributed by atoms with Gasteiger partial charge in [-0.2, -0.15) is 0 Å². The van der Waals surface area contributed by atoms with Crippen LogP contribution in [0.1, 0.15) is 12.5 Å². The lowest BCUT2D eigenvalue weighted by Crippen LogP contribution is -2.48. The van der Waals surface area contributed by atoms with Gasteiger partial charge in [-0.15, -0.1) is 0 Å². The molecule has 0 unspecified atom stereocenters. The Hall–Kier alpha value is -3.02. The molecule has 1 fully saturated rings. The van der Waals surface area contributed by atoms with Gasteiger partial charge in [-0.1, -0.05) is 6.07 Å². The third kappa shape index (κ3) is 4.78. The van der Waals surface area contributed by atoms with Gasteiger partial charge in [-0.3, -0.25) is 9.78 Å². The van der Waals surface area contributed by atoms with E-state index in [2.05, 4.69) is 9.88 Å². The number of carbonyl (C=O) groups is 1. The Labute approximate surface area is 160 Å². The topological polar surface area (TPSA) is 54.9 Å². The van der Waals surface area contributed by atoms with Crippen LogP contribution in [0.5, 0.6) is 11.5 Å². The Morgan fingerprint density at radius 1 is 1.11 bits per heavy atom. The first-order valence-electron chi connectivity index (χ1n) is 9.14. The molecule has 0 N–H and O–H groups in total. The van der Waals surface area contributed by atoms with Gasteiger partial charge in [0.25, 0.3) is 0 Å². The van der Waals surface area contributed by atoms with Crippen LogP contribution in [0.4, 0.5) is 5.69 Å². The number of piperazine rings is 1. The monoisotopic (exact) mass is 367 g/mol. The van der Waals surface area contributed by atoms with E-state index in [0.29, 0.717) is 31.2 Å². The zero-order valence-corrected chi connectivity index (χ0v) is 15.8. The van der Waals surface area contributed by atoms with Gasteiger partial charge in [0.15, 0.2) is 11.5 Å². The fraction of sp³-hybridized carbons (Fsp3) is 0.333. The average Bonchev–Trinajstić information content (AvgIpc) is 2.73. The summed E-state index contributed by atoms with van der Waals surface area (Å²) in [6, 6.07) is 9.64. The summed E-state index contributed by atoms with van der Waals surface area (Å²) < 4.78 is 10.9. The number of carbonyl (C=O) groups excluding carboxylic acids is 1. The number of amides is 1. The van der Waals surface area contributed by atoms with E-state index in [-0.39, 0.29) is 5.91 Å². The molecule has 0 radical (unpaired) electrons. The van der Waals surface area contributed by atoms with E-state index in [1.54, 1.807) is 25.6 Å². The zero-order valence-electron chi connectivity index (χ0n) is 15.8. The maximum absolute atomic E-state index is 12.5. The Morgan fingerprint density at radius 2 is 1.85 bits per heavy atom. The van der Waals surface area contributed by atoms with Crippen molar-refractivity contribution >= 4 is 17.7 Å². The number of pyridine rings is 1. The van der Waals surface area contributed by atoms with Crippen LogP contribution in [-0.2, 0) is 4.79 Å². The fourth-order valence-electron chi connectivity index (χ4n) is 3.08. The van der Waals surface area contributed by atoms with Crippen molar-refractivity contribution in [1.29, 1.82) is 0 Å². The fourth-order valence-corrected chi connectivity index (χ4v) is 3.08. The van der Waals surface area contributed by atoms with Crippen molar-refractivity contribution in [3.8, 4) is 11.5 Å². The molecule has 0 spiro atoms. The molecule has 2 heterocycles. The van der Waals surface area contributed by atoms with Gasteiger partial charge < -0.3 is 19.3 Å². The highest BCUT2D eigenvalue weighted by Gasteiger charge is 2.19. The second kappa shape index (κ2) is 9.07. The summed E-state index contributed by atoms with van der Waals surface area (Å²) in [5.41, 5.74) is 2.05. The first kappa shape index (κ1) is 18.8. The van der Waals surface area contributed by atoms with Crippen LogP contribution < -0.4 is 14.4 Å². The second-order valence-electron chi connectivity index (χ2n) is 6.19. The summed E-state index contributed by atoms with van der Waals surface area (Å²) in [4.78, 5) is 20.7. The Bertz CT molecular complexity index is 785. The van der Waals surface area contributed by atoms with Crippen molar-refractivity contribution in [3.05, 3.63) is 54.4 Å². The quantitative estimate of drug-likeness (QED) is 0.735. The summed E-state index contributed by atoms with van der Waals surface area (Å²) >= 11 is 0. The first-order valence-corrected chi connectivity index (χ1v) is 9.14. The summed E-state index contributed by atoms with van der Waals surface area (Å²) in [6.45, 7) is 5.54. The number of aromatic nitrogens is 1. The Kier molecular flexibility index (Phi) is 6.30. The van der Waals surface area contributed by atoms with Crippen LogP contribution in [0.15, 0.2) is 48.8 Å². The van der Waals surface area contributed by atoms with E-state index in [0.717, 1.165) is 24.3 Å². The van der Waals surface area contributed by atoms with Crippen LogP contribution >= 0.6 is 0 Å². The summed E-state index contributed by atoms with van der Waals surface area (Å²) in [5, 5.41) is 0. The molecule has 1 aliphatic heterocycles. The average molecular weight is 367 g/mol. The molecule has 2 aromatic rings. The maximum atomic E-state index is 12.5. The molecule has 0 saturated carbocycles.